The van der Waals surface area contributed by atoms with Crippen LogP contribution in [-0.4, -0.2) is 5.84 Å². The van der Waals surface area contributed by atoms with Crippen molar-refractivity contribution in [2.24, 2.45) is 4.99 Å². The molecule has 0 aliphatic carbocycles. The Morgan fingerprint density at radius 2 is 1.13 bits per heavy atom. The van der Waals surface area contributed by atoms with Gasteiger partial charge in [-0.3, -0.25) is 5.32 Å². The SMILES string of the molecule is c1ccc(C2=NC(c3ccc(-c4ccccc4)cc3)NC(c3ccc(-c4ccccc4)c4oc5cc6ccccc6cc5c34)N2)cc1. The Labute approximate surface area is 273 Å². The molecule has 224 valence electrons. The second-order valence-electron chi connectivity index (χ2n) is 12.0. The number of amidine groups is 1. The van der Waals surface area contributed by atoms with Crippen molar-refractivity contribution >= 4 is 38.5 Å². The van der Waals surface area contributed by atoms with Gasteiger partial charge in [0, 0.05) is 27.5 Å². The quantitative estimate of drug-likeness (QED) is 0.205. The molecule has 7 aromatic carbocycles. The molecule has 47 heavy (non-hydrogen) atoms. The molecular weight excluding hydrogens is 574 g/mol. The summed E-state index contributed by atoms with van der Waals surface area (Å²) in [6.07, 6.45) is -0.495. The normalized spacial score (nSPS) is 16.3. The first kappa shape index (κ1) is 27.3. The molecule has 2 unspecified atom stereocenters. The van der Waals surface area contributed by atoms with Gasteiger partial charge in [-0.1, -0.05) is 152 Å². The van der Waals surface area contributed by atoms with Crippen molar-refractivity contribution in [3.63, 3.8) is 0 Å². The van der Waals surface area contributed by atoms with Gasteiger partial charge >= 0.3 is 0 Å². The number of hydrogen-bond acceptors (Lipinski definition) is 4. The van der Waals surface area contributed by atoms with Gasteiger partial charge in [0.2, 0.25) is 0 Å². The monoisotopic (exact) mass is 605 g/mol. The molecule has 1 aromatic heterocycles. The van der Waals surface area contributed by atoms with E-state index in [-0.39, 0.29) is 12.3 Å². The van der Waals surface area contributed by atoms with E-state index in [1.165, 1.54) is 16.5 Å². The Hall–Kier alpha value is -5.97. The van der Waals surface area contributed by atoms with Gasteiger partial charge in [-0.05, 0) is 45.2 Å². The van der Waals surface area contributed by atoms with Crippen LogP contribution in [0.5, 0.6) is 0 Å². The topological polar surface area (TPSA) is 49.6 Å². The van der Waals surface area contributed by atoms with Crippen molar-refractivity contribution in [3.05, 3.63) is 180 Å². The molecule has 0 bridgehead atoms. The van der Waals surface area contributed by atoms with Gasteiger partial charge in [-0.25, -0.2) is 4.99 Å². The van der Waals surface area contributed by atoms with Crippen LogP contribution in [0.2, 0.25) is 0 Å². The fourth-order valence-corrected chi connectivity index (χ4v) is 6.80. The van der Waals surface area contributed by atoms with Crippen molar-refractivity contribution < 1.29 is 4.42 Å². The number of benzene rings is 7. The van der Waals surface area contributed by atoms with Gasteiger partial charge in [-0.2, -0.15) is 0 Å². The van der Waals surface area contributed by atoms with Crippen molar-refractivity contribution in [1.82, 2.24) is 10.6 Å². The lowest BCUT2D eigenvalue weighted by molar-refractivity contribution is 0.411. The summed E-state index contributed by atoms with van der Waals surface area (Å²) >= 11 is 0. The first-order valence-electron chi connectivity index (χ1n) is 16.0. The number of fused-ring (bicyclic) bond motifs is 4. The minimum absolute atomic E-state index is 0.235. The van der Waals surface area contributed by atoms with E-state index in [0.29, 0.717) is 0 Å². The highest BCUT2D eigenvalue weighted by Gasteiger charge is 2.29. The fourth-order valence-electron chi connectivity index (χ4n) is 6.80. The summed E-state index contributed by atoms with van der Waals surface area (Å²) in [5, 5.41) is 12.2. The van der Waals surface area contributed by atoms with Crippen LogP contribution in [-0.2, 0) is 0 Å². The van der Waals surface area contributed by atoms with Crippen LogP contribution in [0.3, 0.4) is 0 Å². The van der Waals surface area contributed by atoms with Crippen LogP contribution < -0.4 is 10.6 Å². The van der Waals surface area contributed by atoms with Gasteiger partial charge in [-0.15, -0.1) is 0 Å². The van der Waals surface area contributed by atoms with Gasteiger partial charge in [0.1, 0.15) is 29.3 Å². The highest BCUT2D eigenvalue weighted by molar-refractivity contribution is 6.15. The molecular formula is C43H31N3O. The van der Waals surface area contributed by atoms with E-state index < -0.39 is 0 Å². The first-order valence-corrected chi connectivity index (χ1v) is 16.0. The Morgan fingerprint density at radius 1 is 0.532 bits per heavy atom. The molecule has 9 rings (SSSR count). The molecule has 0 saturated carbocycles. The predicted octanol–water partition coefficient (Wildman–Crippen LogP) is 10.4. The van der Waals surface area contributed by atoms with Gasteiger partial charge in [0.15, 0.2) is 0 Å². The second-order valence-corrected chi connectivity index (χ2v) is 12.0. The number of nitrogens with zero attached hydrogens (tertiary/aromatic N) is 1. The summed E-state index contributed by atoms with van der Waals surface area (Å²) in [7, 11) is 0. The van der Waals surface area contributed by atoms with Gasteiger partial charge < -0.3 is 9.73 Å². The van der Waals surface area contributed by atoms with Crippen LogP contribution in [0.15, 0.2) is 173 Å². The number of furan rings is 1. The van der Waals surface area contributed by atoms with Crippen molar-refractivity contribution in [3.8, 4) is 22.3 Å². The zero-order valence-corrected chi connectivity index (χ0v) is 25.6. The van der Waals surface area contributed by atoms with Crippen molar-refractivity contribution in [2.75, 3.05) is 0 Å². The highest BCUT2D eigenvalue weighted by atomic mass is 16.3. The van der Waals surface area contributed by atoms with Crippen molar-refractivity contribution in [2.45, 2.75) is 12.3 Å². The first-order chi connectivity index (χ1) is 23.3. The largest absolute Gasteiger partial charge is 0.455 e. The van der Waals surface area contributed by atoms with Crippen molar-refractivity contribution in [1.29, 1.82) is 0 Å². The number of aliphatic imine (C=N–C) groups is 1. The molecule has 0 fully saturated rings. The molecule has 4 nitrogen and oxygen atoms in total. The van der Waals surface area contributed by atoms with Crippen LogP contribution in [0.4, 0.5) is 0 Å². The van der Waals surface area contributed by atoms with E-state index in [9.17, 15) is 0 Å². The average Bonchev–Trinajstić information content (AvgIpc) is 3.53. The van der Waals surface area contributed by atoms with Crippen LogP contribution in [0.1, 0.15) is 29.0 Å². The summed E-state index contributed by atoms with van der Waals surface area (Å²) < 4.78 is 6.77. The molecule has 2 atom stereocenters. The van der Waals surface area contributed by atoms with Crippen LogP contribution in [0, 0.1) is 0 Å². The number of nitrogens with one attached hydrogen (secondary N) is 2. The lowest BCUT2D eigenvalue weighted by Crippen LogP contribution is -2.45. The standard InChI is InChI=1S/C43H31N3O/c1-4-12-28(13-5-1)29-20-22-32(23-21-29)42-44-41(31-16-8-3-9-17-31)45-43(46-42)36-25-24-35(30-14-6-2-7-15-30)40-39(36)37-26-33-18-10-11-19-34(33)27-38(37)47-40/h1-27,42-43,46H,(H,44,45). The molecule has 0 saturated heterocycles. The molecule has 0 spiro atoms. The number of hydrogen-bond donors (Lipinski definition) is 2. The lowest BCUT2D eigenvalue weighted by atomic mass is 9.95. The van der Waals surface area contributed by atoms with E-state index in [1.807, 2.05) is 18.2 Å². The Kier molecular flexibility index (Phi) is 6.65. The second kappa shape index (κ2) is 11.4. The van der Waals surface area contributed by atoms with E-state index >= 15 is 0 Å². The lowest BCUT2D eigenvalue weighted by Gasteiger charge is -2.32. The van der Waals surface area contributed by atoms with E-state index in [1.54, 1.807) is 0 Å². The fraction of sp³-hybridized carbons (Fsp3) is 0.0465. The average molecular weight is 606 g/mol. The minimum Gasteiger partial charge on any atom is -0.455 e. The molecule has 2 heterocycles. The third-order valence-electron chi connectivity index (χ3n) is 9.16. The Morgan fingerprint density at radius 3 is 1.83 bits per heavy atom. The number of rotatable bonds is 5. The third-order valence-corrected chi connectivity index (χ3v) is 9.16. The van der Waals surface area contributed by atoms with E-state index in [0.717, 1.165) is 61.0 Å². The summed E-state index contributed by atoms with van der Waals surface area (Å²) in [4.78, 5) is 5.21. The van der Waals surface area contributed by atoms with Crippen LogP contribution >= 0.6 is 0 Å². The molecule has 0 amide bonds. The maximum atomic E-state index is 6.77. The van der Waals surface area contributed by atoms with Gasteiger partial charge in [0.25, 0.3) is 0 Å². The molecule has 1 aliphatic heterocycles. The van der Waals surface area contributed by atoms with Crippen LogP contribution in [0.25, 0.3) is 55.0 Å². The maximum Gasteiger partial charge on any atom is 0.143 e. The minimum atomic E-state index is -0.260. The molecule has 2 N–H and O–H groups in total. The van der Waals surface area contributed by atoms with Gasteiger partial charge in [0.05, 0.1) is 0 Å². The summed E-state index contributed by atoms with van der Waals surface area (Å²) in [6, 6.07) is 57.4. The molecule has 1 aliphatic rings. The summed E-state index contributed by atoms with van der Waals surface area (Å²) in [5.74, 6) is 0.852. The summed E-state index contributed by atoms with van der Waals surface area (Å²) in [5.41, 5.74) is 9.61. The Bertz CT molecular complexity index is 2400. The zero-order valence-electron chi connectivity index (χ0n) is 25.6. The zero-order chi connectivity index (χ0) is 31.2. The Balaban J connectivity index is 1.21. The maximum absolute atomic E-state index is 6.77. The highest BCUT2D eigenvalue weighted by Crippen LogP contribution is 2.42. The molecule has 8 aromatic rings. The molecule has 4 heteroatoms. The molecule has 0 radical (unpaired) electrons. The predicted molar refractivity (Wildman–Crippen MR) is 193 cm³/mol. The smallest absolute Gasteiger partial charge is 0.143 e. The van der Waals surface area contributed by atoms with E-state index in [2.05, 4.69) is 156 Å². The van der Waals surface area contributed by atoms with E-state index in [4.69, 9.17) is 9.41 Å². The summed E-state index contributed by atoms with van der Waals surface area (Å²) in [6.45, 7) is 0. The third kappa shape index (κ3) is 4.96.